The smallest absolute Gasteiger partial charge is 0.268 e. The molecule has 0 bridgehead atoms. The third-order valence-electron chi connectivity index (χ3n) is 6.59. The molecular weight excluding hydrogens is 470 g/mol. The second-order valence-electron chi connectivity index (χ2n) is 9.12. The first-order valence-electron chi connectivity index (χ1n) is 11.5. The normalized spacial score (nSPS) is 13.4. The van der Waals surface area contributed by atoms with Crippen LogP contribution in [0.15, 0.2) is 89.8 Å². The van der Waals surface area contributed by atoms with E-state index in [0.29, 0.717) is 22.6 Å². The van der Waals surface area contributed by atoms with Gasteiger partial charge in [0.25, 0.3) is 10.0 Å². The number of nitriles is 1. The third-order valence-corrected chi connectivity index (χ3v) is 8.37. The number of methoxy groups -OCH3 is 1. The number of pyridine rings is 1. The lowest BCUT2D eigenvalue weighted by Crippen LogP contribution is -2.26. The molecule has 0 aliphatic rings. The zero-order chi connectivity index (χ0) is 25.5. The van der Waals surface area contributed by atoms with E-state index in [9.17, 15) is 13.7 Å². The van der Waals surface area contributed by atoms with Gasteiger partial charge in [-0.15, -0.1) is 0 Å². The van der Waals surface area contributed by atoms with Crippen LogP contribution < -0.4 is 4.74 Å². The number of rotatable bonds is 6. The molecule has 0 amide bonds. The van der Waals surface area contributed by atoms with Gasteiger partial charge in [-0.05, 0) is 55.8 Å². The molecule has 0 saturated heterocycles. The number of para-hydroxylation sites is 1. The SMILES string of the molecule is COc1nc2cc(C(C)(C#N)Cc3cc4ccccc4n3S(=O)(=O)c3ccccc3)ccc2cc1C. The summed E-state index contributed by atoms with van der Waals surface area (Å²) in [6.07, 6.45) is 0.193. The van der Waals surface area contributed by atoms with Crippen molar-refractivity contribution in [2.75, 3.05) is 7.11 Å². The number of fused-ring (bicyclic) bond motifs is 2. The van der Waals surface area contributed by atoms with Crippen LogP contribution in [0.25, 0.3) is 21.8 Å². The molecule has 6 nitrogen and oxygen atoms in total. The molecule has 0 spiro atoms. The molecule has 5 aromatic rings. The van der Waals surface area contributed by atoms with Crippen molar-refractivity contribution in [2.45, 2.75) is 30.6 Å². The van der Waals surface area contributed by atoms with E-state index in [-0.39, 0.29) is 11.3 Å². The van der Waals surface area contributed by atoms with Gasteiger partial charge in [0, 0.05) is 28.5 Å². The highest BCUT2D eigenvalue weighted by Crippen LogP contribution is 2.34. The molecule has 0 saturated carbocycles. The van der Waals surface area contributed by atoms with Gasteiger partial charge in [0.15, 0.2) is 0 Å². The van der Waals surface area contributed by atoms with E-state index in [0.717, 1.165) is 21.9 Å². The first-order valence-corrected chi connectivity index (χ1v) is 13.0. The van der Waals surface area contributed by atoms with Crippen LogP contribution in [-0.4, -0.2) is 24.5 Å². The van der Waals surface area contributed by atoms with Crippen LogP contribution in [-0.2, 0) is 21.9 Å². The summed E-state index contributed by atoms with van der Waals surface area (Å²) in [6.45, 7) is 3.77. The zero-order valence-electron chi connectivity index (χ0n) is 20.3. The number of ether oxygens (including phenoxy) is 1. The van der Waals surface area contributed by atoms with E-state index in [1.165, 1.54) is 3.97 Å². The van der Waals surface area contributed by atoms with Gasteiger partial charge < -0.3 is 4.74 Å². The Bertz CT molecular complexity index is 1750. The fraction of sp³-hybridized carbons (Fsp3) is 0.172. The summed E-state index contributed by atoms with van der Waals surface area (Å²) in [6, 6.07) is 27.8. The Morgan fingerprint density at radius 3 is 2.42 bits per heavy atom. The van der Waals surface area contributed by atoms with Crippen LogP contribution in [0.5, 0.6) is 5.88 Å². The fourth-order valence-corrected chi connectivity index (χ4v) is 6.23. The maximum absolute atomic E-state index is 13.8. The summed E-state index contributed by atoms with van der Waals surface area (Å²) in [5.74, 6) is 0.535. The first kappa shape index (κ1) is 23.6. The predicted octanol–water partition coefficient (Wildman–Crippen LogP) is 5.77. The fourth-order valence-electron chi connectivity index (χ4n) is 4.67. The molecule has 0 aliphatic heterocycles. The quantitative estimate of drug-likeness (QED) is 0.299. The minimum atomic E-state index is -3.89. The summed E-state index contributed by atoms with van der Waals surface area (Å²) in [5, 5.41) is 12.1. The van der Waals surface area contributed by atoms with E-state index in [4.69, 9.17) is 4.74 Å². The molecule has 2 heterocycles. The van der Waals surface area contributed by atoms with E-state index in [2.05, 4.69) is 11.1 Å². The van der Waals surface area contributed by atoms with Gasteiger partial charge in [0.05, 0.1) is 34.5 Å². The Balaban J connectivity index is 1.66. The highest BCUT2D eigenvalue weighted by Gasteiger charge is 2.32. The predicted molar refractivity (Wildman–Crippen MR) is 141 cm³/mol. The second-order valence-corrected chi connectivity index (χ2v) is 10.9. The molecule has 3 aromatic carbocycles. The number of nitrogens with zero attached hydrogens (tertiary/aromatic N) is 3. The van der Waals surface area contributed by atoms with Gasteiger partial charge in [0.2, 0.25) is 5.88 Å². The van der Waals surface area contributed by atoms with Crippen LogP contribution in [0.4, 0.5) is 0 Å². The maximum atomic E-state index is 13.8. The van der Waals surface area contributed by atoms with Crippen LogP contribution in [0, 0.1) is 18.3 Å². The molecule has 5 rings (SSSR count). The molecular formula is C29H25N3O3S. The average molecular weight is 496 g/mol. The lowest BCUT2D eigenvalue weighted by Gasteiger charge is -2.24. The molecule has 0 radical (unpaired) electrons. The lowest BCUT2D eigenvalue weighted by molar-refractivity contribution is 0.396. The minimum Gasteiger partial charge on any atom is -0.481 e. The Morgan fingerprint density at radius 2 is 1.69 bits per heavy atom. The number of aromatic nitrogens is 2. The summed E-state index contributed by atoms with van der Waals surface area (Å²) in [4.78, 5) is 4.81. The van der Waals surface area contributed by atoms with Gasteiger partial charge in [0.1, 0.15) is 0 Å². The Kier molecular flexibility index (Phi) is 5.77. The minimum absolute atomic E-state index is 0.193. The standard InChI is InChI=1S/C29H25N3O3S/c1-20-15-21-13-14-23(17-26(21)31-28(20)35-3)29(2,19-30)18-24-16-22-9-7-8-12-27(22)32(24)36(33,34)25-10-5-4-6-11-25/h4-17H,18H2,1-3H3. The highest BCUT2D eigenvalue weighted by molar-refractivity contribution is 7.90. The monoisotopic (exact) mass is 495 g/mol. The molecule has 36 heavy (non-hydrogen) atoms. The lowest BCUT2D eigenvalue weighted by atomic mass is 9.79. The summed E-state index contributed by atoms with van der Waals surface area (Å²) < 4.78 is 34.3. The highest BCUT2D eigenvalue weighted by atomic mass is 32.2. The van der Waals surface area contributed by atoms with E-state index in [1.807, 2.05) is 62.4 Å². The summed E-state index contributed by atoms with van der Waals surface area (Å²) >= 11 is 0. The number of hydrogen-bond acceptors (Lipinski definition) is 5. The van der Waals surface area contributed by atoms with Crippen molar-refractivity contribution in [1.82, 2.24) is 8.96 Å². The van der Waals surface area contributed by atoms with Gasteiger partial charge >= 0.3 is 0 Å². The van der Waals surface area contributed by atoms with Gasteiger partial charge in [-0.25, -0.2) is 17.4 Å². The number of aryl methyl sites for hydroxylation is 1. The Labute approximate surface area is 210 Å². The largest absolute Gasteiger partial charge is 0.481 e. The second kappa shape index (κ2) is 8.81. The summed E-state index contributed by atoms with van der Waals surface area (Å²) in [7, 11) is -2.31. The average Bonchev–Trinajstić information content (AvgIpc) is 3.26. The van der Waals surface area contributed by atoms with Crippen molar-refractivity contribution in [3.63, 3.8) is 0 Å². The molecule has 2 aromatic heterocycles. The molecule has 7 heteroatoms. The zero-order valence-corrected chi connectivity index (χ0v) is 21.1. The topological polar surface area (TPSA) is 85.0 Å². The van der Waals surface area contributed by atoms with Crippen molar-refractivity contribution >= 4 is 31.8 Å². The molecule has 0 fully saturated rings. The van der Waals surface area contributed by atoms with Crippen molar-refractivity contribution in [2.24, 2.45) is 0 Å². The molecule has 180 valence electrons. The number of benzene rings is 3. The molecule has 0 aliphatic carbocycles. The first-order chi connectivity index (χ1) is 17.3. The Morgan fingerprint density at radius 1 is 0.972 bits per heavy atom. The van der Waals surface area contributed by atoms with Crippen molar-refractivity contribution in [1.29, 1.82) is 5.26 Å². The molecule has 1 unspecified atom stereocenters. The third kappa shape index (κ3) is 3.90. The van der Waals surface area contributed by atoms with Crippen LogP contribution in [0.2, 0.25) is 0 Å². The summed E-state index contributed by atoms with van der Waals surface area (Å²) in [5.41, 5.74) is 2.51. The van der Waals surface area contributed by atoms with Crippen LogP contribution in [0.1, 0.15) is 23.7 Å². The van der Waals surface area contributed by atoms with Gasteiger partial charge in [-0.2, -0.15) is 5.26 Å². The van der Waals surface area contributed by atoms with Gasteiger partial charge in [-0.1, -0.05) is 48.5 Å². The van der Waals surface area contributed by atoms with E-state index < -0.39 is 15.4 Å². The van der Waals surface area contributed by atoms with Gasteiger partial charge in [-0.3, -0.25) is 0 Å². The maximum Gasteiger partial charge on any atom is 0.268 e. The van der Waals surface area contributed by atoms with E-state index in [1.54, 1.807) is 43.5 Å². The number of hydrogen-bond donors (Lipinski definition) is 0. The van der Waals surface area contributed by atoms with Crippen molar-refractivity contribution in [3.8, 4) is 11.9 Å². The molecule has 1 atom stereocenters. The van der Waals surface area contributed by atoms with Crippen molar-refractivity contribution < 1.29 is 13.2 Å². The van der Waals surface area contributed by atoms with Crippen molar-refractivity contribution in [3.05, 3.63) is 102 Å². The van der Waals surface area contributed by atoms with Crippen LogP contribution >= 0.6 is 0 Å². The van der Waals surface area contributed by atoms with Crippen LogP contribution in [0.3, 0.4) is 0 Å². The Hall–Kier alpha value is -4.15. The van der Waals surface area contributed by atoms with E-state index >= 15 is 0 Å². The molecule has 0 N–H and O–H groups in total.